The number of carbonyl (C=O) groups is 1. The molecule has 0 radical (unpaired) electrons. The zero-order valence-electron chi connectivity index (χ0n) is 11.4. The molecule has 2 aromatic rings. The summed E-state index contributed by atoms with van der Waals surface area (Å²) < 4.78 is 0.940. The summed E-state index contributed by atoms with van der Waals surface area (Å²) in [5, 5.41) is 19.0. The summed E-state index contributed by atoms with van der Waals surface area (Å²) in [6.07, 6.45) is -1.55. The second-order valence-electron chi connectivity index (χ2n) is 4.66. The lowest BCUT2D eigenvalue weighted by Crippen LogP contribution is -2.25. The van der Waals surface area contributed by atoms with Gasteiger partial charge in [-0.3, -0.25) is 4.79 Å². The topological polar surface area (TPSA) is 57.5 Å². The first-order valence-electron chi connectivity index (χ1n) is 6.53. The number of ketones is 1. The third-order valence-electron chi connectivity index (χ3n) is 2.99. The number of aliphatic hydroxyl groups is 2. The molecule has 22 heavy (non-hydrogen) atoms. The lowest BCUT2D eigenvalue weighted by molar-refractivity contribution is -0.0401. The first-order chi connectivity index (χ1) is 10.5. The molecule has 0 aliphatic heterocycles. The summed E-state index contributed by atoms with van der Waals surface area (Å²) in [5.74, 6) is -0.153. The van der Waals surface area contributed by atoms with Gasteiger partial charge in [-0.1, -0.05) is 27.5 Å². The van der Waals surface area contributed by atoms with Gasteiger partial charge in [-0.2, -0.15) is 0 Å². The first kappa shape index (κ1) is 17.5. The van der Waals surface area contributed by atoms with Crippen LogP contribution in [0.25, 0.3) is 0 Å². The second kappa shape index (κ2) is 8.13. The molecule has 2 N–H and O–H groups in total. The number of carbonyl (C=O) groups excluding carboxylic acids is 1. The average molecular weight is 402 g/mol. The largest absolute Gasteiger partial charge is 0.367 e. The molecule has 0 amide bonds. The van der Waals surface area contributed by atoms with Gasteiger partial charge in [-0.05, 0) is 48.5 Å². The summed E-state index contributed by atoms with van der Waals surface area (Å²) in [7, 11) is 0. The van der Waals surface area contributed by atoms with Crippen LogP contribution in [0.2, 0.25) is 5.02 Å². The van der Waals surface area contributed by atoms with Crippen molar-refractivity contribution in [1.82, 2.24) is 0 Å². The number of hydrogen-bond acceptors (Lipinski definition) is 4. The summed E-state index contributed by atoms with van der Waals surface area (Å²) >= 11 is 10.4. The molecule has 0 spiro atoms. The number of aliphatic hydroxyl groups excluding tert-OH is 1. The molecule has 0 aliphatic carbocycles. The predicted molar refractivity (Wildman–Crippen MR) is 92.4 cm³/mol. The second-order valence-corrected chi connectivity index (χ2v) is 7.32. The van der Waals surface area contributed by atoms with Gasteiger partial charge in [0.25, 0.3) is 0 Å². The number of hydrogen-bond donors (Lipinski definition) is 2. The molecule has 0 heterocycles. The minimum absolute atomic E-state index is 0.0278. The van der Waals surface area contributed by atoms with E-state index in [4.69, 9.17) is 11.6 Å². The fourth-order valence-electron chi connectivity index (χ4n) is 1.83. The quantitative estimate of drug-likeness (QED) is 0.434. The Kier molecular flexibility index (Phi) is 6.47. The molecule has 0 unspecified atom stereocenters. The molecule has 2 rings (SSSR count). The van der Waals surface area contributed by atoms with Crippen molar-refractivity contribution in [1.29, 1.82) is 0 Å². The molecule has 0 aromatic heterocycles. The van der Waals surface area contributed by atoms with Crippen molar-refractivity contribution < 1.29 is 15.0 Å². The molecule has 3 nitrogen and oxygen atoms in total. The minimum Gasteiger partial charge on any atom is -0.367 e. The van der Waals surface area contributed by atoms with E-state index in [-0.39, 0.29) is 12.2 Å². The summed E-state index contributed by atoms with van der Waals surface area (Å²) in [6, 6.07) is 14.0. The van der Waals surface area contributed by atoms with Gasteiger partial charge in [-0.25, -0.2) is 0 Å². The number of halogens is 2. The Morgan fingerprint density at radius 2 is 1.68 bits per heavy atom. The van der Waals surface area contributed by atoms with Crippen molar-refractivity contribution in [3.63, 3.8) is 0 Å². The maximum absolute atomic E-state index is 12.2. The van der Waals surface area contributed by atoms with Crippen molar-refractivity contribution in [3.8, 4) is 0 Å². The van der Waals surface area contributed by atoms with E-state index < -0.39 is 11.5 Å². The highest BCUT2D eigenvalue weighted by atomic mass is 79.9. The van der Waals surface area contributed by atoms with E-state index in [0.717, 1.165) is 9.37 Å². The van der Waals surface area contributed by atoms with Crippen LogP contribution in [0.15, 0.2) is 57.9 Å². The Labute approximate surface area is 146 Å². The molecule has 1 atom stereocenters. The van der Waals surface area contributed by atoms with Crippen LogP contribution < -0.4 is 0 Å². The zero-order chi connectivity index (χ0) is 16.1. The maximum Gasteiger partial charge on any atom is 0.164 e. The van der Waals surface area contributed by atoms with Crippen molar-refractivity contribution in [2.24, 2.45) is 0 Å². The number of benzene rings is 2. The molecule has 0 aliphatic rings. The molecule has 0 bridgehead atoms. The Morgan fingerprint density at radius 3 is 2.23 bits per heavy atom. The van der Waals surface area contributed by atoms with Gasteiger partial charge in [0.1, 0.15) is 0 Å². The van der Waals surface area contributed by atoms with Crippen molar-refractivity contribution in [3.05, 3.63) is 63.6 Å². The lowest BCUT2D eigenvalue weighted by Gasteiger charge is -2.18. The van der Waals surface area contributed by atoms with Crippen molar-refractivity contribution >= 4 is 45.1 Å². The van der Waals surface area contributed by atoms with Crippen LogP contribution in [0.4, 0.5) is 0 Å². The average Bonchev–Trinajstić information content (AvgIpc) is 2.49. The van der Waals surface area contributed by atoms with E-state index in [1.807, 2.05) is 24.3 Å². The summed E-state index contributed by atoms with van der Waals surface area (Å²) in [5.41, 5.74) is 0.506. The van der Waals surface area contributed by atoms with Gasteiger partial charge in [0.05, 0.1) is 5.25 Å². The van der Waals surface area contributed by atoms with Gasteiger partial charge >= 0.3 is 0 Å². The van der Waals surface area contributed by atoms with Crippen LogP contribution in [0.5, 0.6) is 0 Å². The number of thioether (sulfide) groups is 1. The van der Waals surface area contributed by atoms with E-state index in [0.29, 0.717) is 10.6 Å². The van der Waals surface area contributed by atoms with E-state index >= 15 is 0 Å². The molecule has 6 heteroatoms. The minimum atomic E-state index is -1.58. The van der Waals surface area contributed by atoms with E-state index in [1.54, 1.807) is 24.3 Å². The predicted octanol–water partition coefficient (Wildman–Crippen LogP) is 4.15. The van der Waals surface area contributed by atoms with Crippen molar-refractivity contribution in [2.45, 2.75) is 22.9 Å². The number of Topliss-reactive ketones (excluding diaryl/α,β-unsaturated/α-hetero) is 1. The highest BCUT2D eigenvalue weighted by Gasteiger charge is 2.22. The van der Waals surface area contributed by atoms with Crippen LogP contribution in [0, 0.1) is 0 Å². The van der Waals surface area contributed by atoms with Crippen molar-refractivity contribution in [2.75, 3.05) is 0 Å². The number of rotatable bonds is 6. The van der Waals surface area contributed by atoms with Crippen LogP contribution in [-0.4, -0.2) is 27.5 Å². The monoisotopic (exact) mass is 400 g/mol. The van der Waals surface area contributed by atoms with Crippen LogP contribution in [0.3, 0.4) is 0 Å². The normalized spacial score (nSPS) is 12.4. The Bertz CT molecular complexity index is 629. The van der Waals surface area contributed by atoms with Gasteiger partial charge < -0.3 is 10.2 Å². The Hall–Kier alpha value is -0.850. The third kappa shape index (κ3) is 5.11. The third-order valence-corrected chi connectivity index (χ3v) is 5.02. The van der Waals surface area contributed by atoms with E-state index in [2.05, 4.69) is 15.9 Å². The molecule has 2 aromatic carbocycles. The van der Waals surface area contributed by atoms with E-state index in [1.165, 1.54) is 11.8 Å². The van der Waals surface area contributed by atoms with Gasteiger partial charge in [0, 0.05) is 26.4 Å². The fraction of sp³-hybridized carbons (Fsp3) is 0.188. The molecule has 116 valence electrons. The molecule has 0 saturated carbocycles. The Morgan fingerprint density at radius 1 is 1.09 bits per heavy atom. The fourth-order valence-corrected chi connectivity index (χ4v) is 3.22. The van der Waals surface area contributed by atoms with E-state index in [9.17, 15) is 15.0 Å². The van der Waals surface area contributed by atoms with Gasteiger partial charge in [-0.15, -0.1) is 11.8 Å². The first-order valence-corrected chi connectivity index (χ1v) is 8.58. The van der Waals surface area contributed by atoms with Crippen LogP contribution in [-0.2, 0) is 0 Å². The lowest BCUT2D eigenvalue weighted by atomic mass is 10.1. The summed E-state index contributed by atoms with van der Waals surface area (Å²) in [4.78, 5) is 13.1. The Balaban J connectivity index is 2.06. The molecular weight excluding hydrogens is 388 g/mol. The molecule has 0 fully saturated rings. The standard InChI is InChI=1S/C16H14BrClO3S/c17-11-3-7-13(8-4-11)22-15(16(20)21)9-14(19)10-1-5-12(18)6-2-10/h1-8,15-16,20-21H,9H2/t15-/m1/s1. The highest BCUT2D eigenvalue weighted by molar-refractivity contribution is 9.10. The SMILES string of the molecule is O=C(C[C@@H](Sc1ccc(Br)cc1)C(O)O)c1ccc(Cl)cc1. The van der Waals surface area contributed by atoms with Crippen LogP contribution in [0.1, 0.15) is 16.8 Å². The van der Waals surface area contributed by atoms with Crippen LogP contribution >= 0.6 is 39.3 Å². The molecular formula is C16H14BrClO3S. The smallest absolute Gasteiger partial charge is 0.164 e. The van der Waals surface area contributed by atoms with Gasteiger partial charge in [0.15, 0.2) is 12.1 Å². The highest BCUT2D eigenvalue weighted by Crippen LogP contribution is 2.29. The summed E-state index contributed by atoms with van der Waals surface area (Å²) in [6.45, 7) is 0. The molecule has 0 saturated heterocycles. The maximum atomic E-state index is 12.2. The zero-order valence-corrected chi connectivity index (χ0v) is 14.6. The van der Waals surface area contributed by atoms with Gasteiger partial charge in [0.2, 0.25) is 0 Å².